The molecule has 0 saturated heterocycles. The van der Waals surface area contributed by atoms with Crippen LogP contribution in [0, 0.1) is 0 Å². The number of nitrogens with two attached hydrogens (primary N) is 1. The first-order valence-corrected chi connectivity index (χ1v) is 4.87. The smallest absolute Gasteiger partial charge is 0.0914 e. The van der Waals surface area contributed by atoms with Gasteiger partial charge in [0, 0.05) is 13.5 Å². The molecule has 0 amide bonds. The van der Waals surface area contributed by atoms with Crippen LogP contribution in [0.3, 0.4) is 0 Å². The third-order valence-electron chi connectivity index (χ3n) is 1.83. The van der Waals surface area contributed by atoms with Gasteiger partial charge in [0.15, 0.2) is 0 Å². The van der Waals surface area contributed by atoms with Gasteiger partial charge >= 0.3 is 0 Å². The summed E-state index contributed by atoms with van der Waals surface area (Å²) in [5.41, 5.74) is 7.58. The van der Waals surface area contributed by atoms with E-state index in [0.29, 0.717) is 6.42 Å². The molecule has 0 radical (unpaired) electrons. The van der Waals surface area contributed by atoms with Crippen LogP contribution in [0.4, 0.5) is 0 Å². The Balaban J connectivity index is 2.05. The first kappa shape index (κ1) is 9.22. The van der Waals surface area contributed by atoms with Crippen LogP contribution in [-0.2, 0) is 13.5 Å². The topological polar surface area (TPSA) is 82.5 Å². The van der Waals surface area contributed by atoms with Crippen LogP contribution in [0.2, 0.25) is 0 Å². The van der Waals surface area contributed by atoms with E-state index in [2.05, 4.69) is 18.9 Å². The van der Waals surface area contributed by atoms with Gasteiger partial charge in [-0.1, -0.05) is 0 Å². The highest BCUT2D eigenvalue weighted by molar-refractivity contribution is 6.99. The molecule has 1 unspecified atom stereocenters. The number of rotatable bonds is 3. The molecular weight excluding hydrogens is 200 g/mol. The van der Waals surface area contributed by atoms with Crippen LogP contribution in [0.5, 0.6) is 0 Å². The molecule has 2 rings (SSSR count). The lowest BCUT2D eigenvalue weighted by molar-refractivity contribution is 0.627. The van der Waals surface area contributed by atoms with Gasteiger partial charge in [-0.2, -0.15) is 23.7 Å². The van der Waals surface area contributed by atoms with Crippen molar-refractivity contribution in [1.82, 2.24) is 23.7 Å². The van der Waals surface area contributed by atoms with E-state index >= 15 is 0 Å². The molecule has 74 valence electrons. The van der Waals surface area contributed by atoms with Crippen molar-refractivity contribution in [2.45, 2.75) is 12.5 Å². The number of nitrogens with zero attached hydrogens (tertiary/aromatic N) is 5. The van der Waals surface area contributed by atoms with Crippen LogP contribution in [0.25, 0.3) is 0 Å². The molecule has 0 aliphatic carbocycles. The molecule has 0 saturated carbocycles. The Hall–Kier alpha value is -1.34. The van der Waals surface area contributed by atoms with E-state index < -0.39 is 0 Å². The van der Waals surface area contributed by atoms with Crippen molar-refractivity contribution in [3.05, 3.63) is 23.8 Å². The normalized spacial score (nSPS) is 13.0. The fourth-order valence-electron chi connectivity index (χ4n) is 1.15. The zero-order valence-electron chi connectivity index (χ0n) is 7.66. The Morgan fingerprint density at radius 1 is 1.57 bits per heavy atom. The van der Waals surface area contributed by atoms with E-state index in [1.165, 1.54) is 4.80 Å². The predicted molar refractivity (Wildman–Crippen MR) is 51.5 cm³/mol. The number of aromatic nitrogens is 5. The van der Waals surface area contributed by atoms with Gasteiger partial charge in [-0.25, -0.2) is 0 Å². The molecule has 14 heavy (non-hydrogen) atoms. The Morgan fingerprint density at radius 2 is 2.43 bits per heavy atom. The minimum atomic E-state index is -0.148. The van der Waals surface area contributed by atoms with Crippen molar-refractivity contribution < 1.29 is 0 Å². The lowest BCUT2D eigenvalue weighted by Gasteiger charge is -2.03. The zero-order chi connectivity index (χ0) is 9.97. The van der Waals surface area contributed by atoms with Gasteiger partial charge in [-0.15, -0.1) is 0 Å². The third-order valence-corrected chi connectivity index (χ3v) is 2.33. The van der Waals surface area contributed by atoms with E-state index in [1.54, 1.807) is 19.4 Å². The van der Waals surface area contributed by atoms with Crippen LogP contribution < -0.4 is 5.73 Å². The quantitative estimate of drug-likeness (QED) is 0.765. The summed E-state index contributed by atoms with van der Waals surface area (Å²) in [5, 5.41) is 8.11. The monoisotopic (exact) mass is 210 g/mol. The molecule has 0 fully saturated rings. The largest absolute Gasteiger partial charge is 0.322 e. The molecular formula is C7H10N6S. The molecule has 0 aromatic carbocycles. The summed E-state index contributed by atoms with van der Waals surface area (Å²) in [7, 11) is 1.78. The number of hydrogen-bond acceptors (Lipinski definition) is 6. The van der Waals surface area contributed by atoms with Gasteiger partial charge in [0.05, 0.1) is 41.6 Å². The summed E-state index contributed by atoms with van der Waals surface area (Å²) in [4.78, 5) is 1.52. The average molecular weight is 210 g/mol. The van der Waals surface area contributed by atoms with Gasteiger partial charge in [-0.05, 0) is 0 Å². The van der Waals surface area contributed by atoms with Gasteiger partial charge in [0.2, 0.25) is 0 Å². The second-order valence-corrected chi connectivity index (χ2v) is 3.52. The van der Waals surface area contributed by atoms with Crippen molar-refractivity contribution in [3.8, 4) is 0 Å². The zero-order valence-corrected chi connectivity index (χ0v) is 8.48. The van der Waals surface area contributed by atoms with E-state index in [0.717, 1.165) is 23.1 Å². The summed E-state index contributed by atoms with van der Waals surface area (Å²) in [6.45, 7) is 0. The maximum absolute atomic E-state index is 5.91. The average Bonchev–Trinajstić information content (AvgIpc) is 2.75. The summed E-state index contributed by atoms with van der Waals surface area (Å²) >= 11 is 1.16. The minimum absolute atomic E-state index is 0.148. The van der Waals surface area contributed by atoms with Crippen LogP contribution in [0.15, 0.2) is 12.4 Å². The Labute approximate surface area is 85.1 Å². The van der Waals surface area contributed by atoms with Crippen molar-refractivity contribution in [2.24, 2.45) is 12.8 Å². The lowest BCUT2D eigenvalue weighted by atomic mass is 10.1. The van der Waals surface area contributed by atoms with Crippen LogP contribution in [-0.4, -0.2) is 23.7 Å². The fourth-order valence-corrected chi connectivity index (χ4v) is 1.63. The summed E-state index contributed by atoms with van der Waals surface area (Å²) in [6.07, 6.45) is 4.03. The second kappa shape index (κ2) is 3.81. The van der Waals surface area contributed by atoms with Gasteiger partial charge in [0.1, 0.15) is 0 Å². The standard InChI is InChI=1S/C7H10N6S/c1-13-9-3-5(11-13)2-6(8)7-4-10-14-12-7/h3-4,6H,2,8H2,1H3. The van der Waals surface area contributed by atoms with Crippen molar-refractivity contribution in [1.29, 1.82) is 0 Å². The minimum Gasteiger partial charge on any atom is -0.322 e. The highest BCUT2D eigenvalue weighted by Crippen LogP contribution is 2.11. The van der Waals surface area contributed by atoms with Gasteiger partial charge in [0.25, 0.3) is 0 Å². The second-order valence-electron chi connectivity index (χ2n) is 2.97. The number of aryl methyl sites for hydroxylation is 1. The molecule has 0 aliphatic heterocycles. The van der Waals surface area contributed by atoms with E-state index in [4.69, 9.17) is 5.73 Å². The Bertz CT molecular complexity index is 394. The molecule has 7 heteroatoms. The van der Waals surface area contributed by atoms with Crippen molar-refractivity contribution in [2.75, 3.05) is 0 Å². The predicted octanol–water partition coefficient (Wildman–Crippen LogP) is -0.0909. The van der Waals surface area contributed by atoms with Gasteiger partial charge in [-0.3, -0.25) is 0 Å². The first-order chi connectivity index (χ1) is 6.75. The molecule has 2 aromatic rings. The molecule has 0 bridgehead atoms. The fraction of sp³-hybridized carbons (Fsp3) is 0.429. The van der Waals surface area contributed by atoms with Crippen LogP contribution >= 0.6 is 11.7 Å². The number of hydrogen-bond donors (Lipinski definition) is 1. The molecule has 0 spiro atoms. The Kier molecular flexibility index (Phi) is 2.51. The summed E-state index contributed by atoms with van der Waals surface area (Å²) in [5.74, 6) is 0. The molecule has 2 aromatic heterocycles. The molecule has 0 aliphatic rings. The molecule has 2 N–H and O–H groups in total. The third kappa shape index (κ3) is 1.94. The van der Waals surface area contributed by atoms with E-state index in [9.17, 15) is 0 Å². The highest BCUT2D eigenvalue weighted by atomic mass is 32.1. The summed E-state index contributed by atoms with van der Waals surface area (Å²) in [6, 6.07) is -0.148. The summed E-state index contributed by atoms with van der Waals surface area (Å²) < 4.78 is 7.97. The van der Waals surface area contributed by atoms with E-state index in [1.807, 2.05) is 0 Å². The maximum Gasteiger partial charge on any atom is 0.0914 e. The lowest BCUT2D eigenvalue weighted by Crippen LogP contribution is -2.14. The SMILES string of the molecule is Cn1ncc(CC(N)c2cnsn2)n1. The molecule has 1 atom stereocenters. The van der Waals surface area contributed by atoms with E-state index in [-0.39, 0.29) is 6.04 Å². The molecule has 2 heterocycles. The van der Waals surface area contributed by atoms with Crippen molar-refractivity contribution in [3.63, 3.8) is 0 Å². The van der Waals surface area contributed by atoms with Crippen molar-refractivity contribution >= 4 is 11.7 Å². The first-order valence-electron chi connectivity index (χ1n) is 4.14. The van der Waals surface area contributed by atoms with Crippen LogP contribution in [0.1, 0.15) is 17.4 Å². The molecule has 6 nitrogen and oxygen atoms in total. The maximum atomic E-state index is 5.91. The Morgan fingerprint density at radius 3 is 3.00 bits per heavy atom. The highest BCUT2D eigenvalue weighted by Gasteiger charge is 2.11. The van der Waals surface area contributed by atoms with Gasteiger partial charge < -0.3 is 5.73 Å².